The molecule has 2 aliphatic heterocycles. The normalized spacial score (nSPS) is 24.9. The molecule has 20 heavy (non-hydrogen) atoms. The monoisotopic (exact) mass is 279 g/mol. The molecule has 2 saturated heterocycles. The van der Waals surface area contributed by atoms with Crippen LogP contribution >= 0.6 is 0 Å². The average molecular weight is 279 g/mol. The van der Waals surface area contributed by atoms with E-state index >= 15 is 0 Å². The second-order valence-corrected chi connectivity index (χ2v) is 6.03. The zero-order chi connectivity index (χ0) is 13.6. The third-order valence-corrected chi connectivity index (χ3v) is 4.42. The van der Waals surface area contributed by atoms with Gasteiger partial charge in [0.05, 0.1) is 6.10 Å². The summed E-state index contributed by atoms with van der Waals surface area (Å²) in [5.74, 6) is 2.43. The lowest BCUT2D eigenvalue weighted by molar-refractivity contribution is 0.0153. The first-order chi connectivity index (χ1) is 9.90. The highest BCUT2D eigenvalue weighted by atomic mass is 16.5. The number of ether oxygens (including phenoxy) is 1. The van der Waals surface area contributed by atoms with Crippen molar-refractivity contribution < 1.29 is 9.26 Å². The average Bonchev–Trinajstić information content (AvgIpc) is 2.95. The Labute approximate surface area is 120 Å². The molecule has 5 heteroatoms. The van der Waals surface area contributed by atoms with Crippen molar-refractivity contribution in [2.75, 3.05) is 19.7 Å². The summed E-state index contributed by atoms with van der Waals surface area (Å²) in [6.07, 6.45) is 9.30. The zero-order valence-electron chi connectivity index (χ0n) is 12.1. The maximum atomic E-state index is 5.72. The molecule has 3 rings (SSSR count). The molecule has 2 aliphatic rings. The molecule has 0 bridgehead atoms. The lowest BCUT2D eigenvalue weighted by atomic mass is 9.93. The number of hydrogen-bond acceptors (Lipinski definition) is 5. The van der Waals surface area contributed by atoms with Crippen LogP contribution in [-0.4, -0.2) is 35.9 Å². The summed E-state index contributed by atoms with van der Waals surface area (Å²) >= 11 is 0. The number of aryl methyl sites for hydroxylation is 1. The quantitative estimate of drug-likeness (QED) is 0.894. The van der Waals surface area contributed by atoms with E-state index in [-0.39, 0.29) is 0 Å². The fourth-order valence-corrected chi connectivity index (χ4v) is 3.14. The first-order valence-electron chi connectivity index (χ1n) is 8.04. The van der Waals surface area contributed by atoms with Gasteiger partial charge in [-0.15, -0.1) is 0 Å². The third-order valence-electron chi connectivity index (χ3n) is 4.42. The molecule has 0 aromatic carbocycles. The summed E-state index contributed by atoms with van der Waals surface area (Å²) in [4.78, 5) is 4.52. The first kappa shape index (κ1) is 14.0. The van der Waals surface area contributed by atoms with Crippen molar-refractivity contribution >= 4 is 0 Å². The van der Waals surface area contributed by atoms with Gasteiger partial charge >= 0.3 is 0 Å². The SMILES string of the molecule is C1CCC(Cc2noc(CCC3CCNCC3)n2)OC1. The Morgan fingerprint density at radius 3 is 2.85 bits per heavy atom. The van der Waals surface area contributed by atoms with Crippen LogP contribution in [0.4, 0.5) is 0 Å². The van der Waals surface area contributed by atoms with Crippen LogP contribution in [0.3, 0.4) is 0 Å². The van der Waals surface area contributed by atoms with E-state index in [1.54, 1.807) is 0 Å². The molecular weight excluding hydrogens is 254 g/mol. The van der Waals surface area contributed by atoms with Crippen LogP contribution in [-0.2, 0) is 17.6 Å². The smallest absolute Gasteiger partial charge is 0.226 e. The van der Waals surface area contributed by atoms with E-state index in [1.807, 2.05) is 0 Å². The van der Waals surface area contributed by atoms with E-state index in [4.69, 9.17) is 9.26 Å². The highest BCUT2D eigenvalue weighted by Crippen LogP contribution is 2.19. The lowest BCUT2D eigenvalue weighted by Crippen LogP contribution is -2.27. The maximum absolute atomic E-state index is 5.72. The van der Waals surface area contributed by atoms with E-state index in [2.05, 4.69) is 15.5 Å². The van der Waals surface area contributed by atoms with Gasteiger partial charge in [0.2, 0.25) is 5.89 Å². The Bertz CT molecular complexity index is 396. The number of piperidine rings is 1. The second kappa shape index (κ2) is 7.18. The van der Waals surface area contributed by atoms with Crippen molar-refractivity contribution in [2.24, 2.45) is 5.92 Å². The van der Waals surface area contributed by atoms with Crippen LogP contribution in [0.2, 0.25) is 0 Å². The summed E-state index contributed by atoms with van der Waals surface area (Å²) in [5.41, 5.74) is 0. The predicted molar refractivity (Wildman–Crippen MR) is 75.5 cm³/mol. The van der Waals surface area contributed by atoms with E-state index in [1.165, 1.54) is 32.1 Å². The largest absolute Gasteiger partial charge is 0.378 e. The zero-order valence-corrected chi connectivity index (χ0v) is 12.1. The van der Waals surface area contributed by atoms with Crippen LogP contribution in [0.5, 0.6) is 0 Å². The van der Waals surface area contributed by atoms with E-state index in [0.29, 0.717) is 6.10 Å². The van der Waals surface area contributed by atoms with Crippen molar-refractivity contribution in [2.45, 2.75) is 57.5 Å². The van der Waals surface area contributed by atoms with Gasteiger partial charge in [-0.25, -0.2) is 0 Å². The molecule has 5 nitrogen and oxygen atoms in total. The highest BCUT2D eigenvalue weighted by molar-refractivity contribution is 4.90. The minimum atomic E-state index is 0.290. The summed E-state index contributed by atoms with van der Waals surface area (Å²) in [6.45, 7) is 3.18. The van der Waals surface area contributed by atoms with Gasteiger partial charge in [-0.1, -0.05) is 5.16 Å². The van der Waals surface area contributed by atoms with Crippen LogP contribution in [0.25, 0.3) is 0 Å². The van der Waals surface area contributed by atoms with Crippen LogP contribution in [0.1, 0.15) is 50.2 Å². The van der Waals surface area contributed by atoms with Gasteiger partial charge in [0, 0.05) is 19.4 Å². The molecule has 0 spiro atoms. The highest BCUT2D eigenvalue weighted by Gasteiger charge is 2.18. The molecule has 0 amide bonds. The number of hydrogen-bond donors (Lipinski definition) is 1. The molecule has 0 saturated carbocycles. The van der Waals surface area contributed by atoms with Crippen LogP contribution < -0.4 is 5.32 Å². The van der Waals surface area contributed by atoms with Gasteiger partial charge in [0.15, 0.2) is 5.82 Å². The van der Waals surface area contributed by atoms with E-state index < -0.39 is 0 Å². The summed E-state index contributed by atoms with van der Waals surface area (Å²) < 4.78 is 11.1. The second-order valence-electron chi connectivity index (χ2n) is 6.03. The van der Waals surface area contributed by atoms with Gasteiger partial charge < -0.3 is 14.6 Å². The fraction of sp³-hybridized carbons (Fsp3) is 0.867. The molecule has 1 aromatic rings. The molecular formula is C15H25N3O2. The Morgan fingerprint density at radius 1 is 1.15 bits per heavy atom. The van der Waals surface area contributed by atoms with E-state index in [9.17, 15) is 0 Å². The van der Waals surface area contributed by atoms with Crippen molar-refractivity contribution in [3.8, 4) is 0 Å². The molecule has 0 radical (unpaired) electrons. The Balaban J connectivity index is 1.43. The standard InChI is InChI=1S/C15H25N3O2/c1-2-10-19-13(3-1)11-14-17-15(20-18-14)5-4-12-6-8-16-9-7-12/h12-13,16H,1-11H2. The molecule has 1 unspecified atom stereocenters. The summed E-state index contributed by atoms with van der Waals surface area (Å²) in [5, 5.41) is 7.49. The van der Waals surface area contributed by atoms with Crippen molar-refractivity contribution in [3.05, 3.63) is 11.7 Å². The van der Waals surface area contributed by atoms with Gasteiger partial charge in [0.1, 0.15) is 0 Å². The van der Waals surface area contributed by atoms with Crippen LogP contribution in [0, 0.1) is 5.92 Å². The molecule has 112 valence electrons. The van der Waals surface area contributed by atoms with Crippen molar-refractivity contribution in [3.63, 3.8) is 0 Å². The number of nitrogens with one attached hydrogen (secondary N) is 1. The van der Waals surface area contributed by atoms with Crippen molar-refractivity contribution in [1.82, 2.24) is 15.5 Å². The Morgan fingerprint density at radius 2 is 2.05 bits per heavy atom. The topological polar surface area (TPSA) is 60.2 Å². The fourth-order valence-electron chi connectivity index (χ4n) is 3.14. The molecule has 1 N–H and O–H groups in total. The predicted octanol–water partition coefficient (Wildman–Crippen LogP) is 2.11. The summed E-state index contributed by atoms with van der Waals surface area (Å²) in [6, 6.07) is 0. The van der Waals surface area contributed by atoms with Gasteiger partial charge in [-0.05, 0) is 57.5 Å². The molecule has 2 fully saturated rings. The minimum absolute atomic E-state index is 0.290. The maximum Gasteiger partial charge on any atom is 0.226 e. The lowest BCUT2D eigenvalue weighted by Gasteiger charge is -2.21. The van der Waals surface area contributed by atoms with Gasteiger partial charge in [0.25, 0.3) is 0 Å². The van der Waals surface area contributed by atoms with Crippen LogP contribution in [0.15, 0.2) is 4.52 Å². The Kier molecular flexibility index (Phi) is 5.03. The molecule has 0 aliphatic carbocycles. The summed E-state index contributed by atoms with van der Waals surface area (Å²) in [7, 11) is 0. The minimum Gasteiger partial charge on any atom is -0.378 e. The number of nitrogens with zero attached hydrogens (tertiary/aromatic N) is 2. The van der Waals surface area contributed by atoms with Crippen molar-refractivity contribution in [1.29, 1.82) is 0 Å². The molecule has 3 heterocycles. The third kappa shape index (κ3) is 4.03. The first-order valence-corrected chi connectivity index (χ1v) is 8.04. The van der Waals surface area contributed by atoms with Gasteiger partial charge in [-0.2, -0.15) is 4.98 Å². The number of rotatable bonds is 5. The number of aromatic nitrogens is 2. The van der Waals surface area contributed by atoms with Gasteiger partial charge in [-0.3, -0.25) is 0 Å². The van der Waals surface area contributed by atoms with E-state index in [0.717, 1.165) is 56.6 Å². The molecule has 1 atom stereocenters. The Hall–Kier alpha value is -0.940. The molecule has 1 aromatic heterocycles.